The molecule has 190 valence electrons. The largest absolute Gasteiger partial charge is 0.480 e. The second-order valence-electron chi connectivity index (χ2n) is 9.21. The molecular weight excluding hydrogens is 480 g/mol. The van der Waals surface area contributed by atoms with E-state index in [4.69, 9.17) is 10.5 Å². The molecule has 2 amide bonds. The minimum Gasteiger partial charge on any atom is -0.480 e. The number of nitrogens with one attached hydrogen (secondary N) is 1. The number of amides is 2. The van der Waals surface area contributed by atoms with Crippen LogP contribution in [0.1, 0.15) is 33.0 Å². The molecule has 0 saturated carbocycles. The molecule has 0 spiro atoms. The Hall–Kier alpha value is -4.91. The number of alkyl carbamates (subject to hydrolysis) is 1. The Balaban J connectivity index is 1.23. The van der Waals surface area contributed by atoms with Crippen LogP contribution in [0.2, 0.25) is 0 Å². The van der Waals surface area contributed by atoms with Crippen molar-refractivity contribution < 1.29 is 24.2 Å². The highest BCUT2D eigenvalue weighted by atomic mass is 16.5. The lowest BCUT2D eigenvalue weighted by Crippen LogP contribution is -2.42. The van der Waals surface area contributed by atoms with Crippen LogP contribution in [0.15, 0.2) is 97.1 Å². The number of hydrogen-bond acceptors (Lipinski definition) is 4. The first-order chi connectivity index (χ1) is 18.4. The summed E-state index contributed by atoms with van der Waals surface area (Å²) in [6, 6.07) is 29.1. The standard InChI is InChI=1S/C31H26N2O5/c32-29(34)22-7-5-6-21(17-22)20-14-12-19(13-15-20)16-28(30(35)36)33-31(37)38-18-27-25-10-3-1-8-23(25)24-9-2-4-11-26(24)27/h1-15,17,27-28H,16,18H2,(H2,32,34)(H,33,37)(H,35,36)/t28-/m0/s1. The molecule has 7 heteroatoms. The van der Waals surface area contributed by atoms with Crippen LogP contribution in [0.5, 0.6) is 0 Å². The number of primary amides is 1. The average molecular weight is 507 g/mol. The van der Waals surface area contributed by atoms with E-state index in [-0.39, 0.29) is 18.9 Å². The van der Waals surface area contributed by atoms with Gasteiger partial charge in [0, 0.05) is 17.9 Å². The maximum absolute atomic E-state index is 12.6. The first kappa shape index (κ1) is 24.8. The molecule has 7 nitrogen and oxygen atoms in total. The molecule has 0 radical (unpaired) electrons. The van der Waals surface area contributed by atoms with E-state index in [0.717, 1.165) is 38.9 Å². The molecule has 0 fully saturated rings. The van der Waals surface area contributed by atoms with E-state index in [0.29, 0.717) is 5.56 Å². The van der Waals surface area contributed by atoms with E-state index in [9.17, 15) is 19.5 Å². The summed E-state index contributed by atoms with van der Waals surface area (Å²) in [4.78, 5) is 36.0. The van der Waals surface area contributed by atoms with Crippen molar-refractivity contribution in [3.63, 3.8) is 0 Å². The Morgan fingerprint density at radius 2 is 1.45 bits per heavy atom. The summed E-state index contributed by atoms with van der Waals surface area (Å²) in [6.45, 7) is 0.102. The van der Waals surface area contributed by atoms with Crippen LogP contribution in [0.3, 0.4) is 0 Å². The van der Waals surface area contributed by atoms with E-state index in [1.54, 1.807) is 30.3 Å². The normalized spacial score (nSPS) is 12.7. The van der Waals surface area contributed by atoms with Gasteiger partial charge in [-0.2, -0.15) is 0 Å². The van der Waals surface area contributed by atoms with Gasteiger partial charge in [0.15, 0.2) is 0 Å². The van der Waals surface area contributed by atoms with Gasteiger partial charge in [0.2, 0.25) is 5.91 Å². The third-order valence-corrected chi connectivity index (χ3v) is 6.81. The van der Waals surface area contributed by atoms with Gasteiger partial charge in [0.25, 0.3) is 0 Å². The molecule has 1 atom stereocenters. The summed E-state index contributed by atoms with van der Waals surface area (Å²) in [5, 5.41) is 12.2. The summed E-state index contributed by atoms with van der Waals surface area (Å²) < 4.78 is 5.51. The van der Waals surface area contributed by atoms with Crippen LogP contribution in [0.4, 0.5) is 4.79 Å². The lowest BCUT2D eigenvalue weighted by molar-refractivity contribution is -0.139. The predicted molar refractivity (Wildman–Crippen MR) is 144 cm³/mol. The number of carboxylic acids is 1. The van der Waals surface area contributed by atoms with Crippen LogP contribution in [0, 0.1) is 0 Å². The zero-order chi connectivity index (χ0) is 26.6. The molecular formula is C31H26N2O5. The Labute approximate surface area is 219 Å². The van der Waals surface area contributed by atoms with Crippen molar-refractivity contribution in [1.29, 1.82) is 0 Å². The van der Waals surface area contributed by atoms with Crippen molar-refractivity contribution in [2.45, 2.75) is 18.4 Å². The molecule has 0 bridgehead atoms. The highest BCUT2D eigenvalue weighted by molar-refractivity contribution is 5.94. The summed E-state index contributed by atoms with van der Waals surface area (Å²) in [7, 11) is 0. The van der Waals surface area contributed by atoms with Crippen LogP contribution in [0.25, 0.3) is 22.3 Å². The number of hydrogen-bond donors (Lipinski definition) is 3. The quantitative estimate of drug-likeness (QED) is 0.311. The summed E-state index contributed by atoms with van der Waals surface area (Å²) >= 11 is 0. The Morgan fingerprint density at radius 3 is 2.05 bits per heavy atom. The van der Waals surface area contributed by atoms with Crippen LogP contribution in [-0.2, 0) is 16.0 Å². The van der Waals surface area contributed by atoms with Gasteiger partial charge in [-0.3, -0.25) is 4.79 Å². The number of rotatable bonds is 8. The maximum Gasteiger partial charge on any atom is 0.407 e. The van der Waals surface area contributed by atoms with Gasteiger partial charge in [0.05, 0.1) is 0 Å². The smallest absolute Gasteiger partial charge is 0.407 e. The van der Waals surface area contributed by atoms with Gasteiger partial charge < -0.3 is 20.9 Å². The number of carbonyl (C=O) groups excluding carboxylic acids is 2. The Morgan fingerprint density at radius 1 is 0.816 bits per heavy atom. The molecule has 5 rings (SSSR count). The summed E-state index contributed by atoms with van der Waals surface area (Å²) in [5.41, 5.74) is 12.6. The van der Waals surface area contributed by atoms with Gasteiger partial charge in [-0.15, -0.1) is 0 Å². The molecule has 38 heavy (non-hydrogen) atoms. The van der Waals surface area contributed by atoms with Gasteiger partial charge in [0.1, 0.15) is 12.6 Å². The van der Waals surface area contributed by atoms with Crippen molar-refractivity contribution in [3.8, 4) is 22.3 Å². The van der Waals surface area contributed by atoms with Gasteiger partial charge in [-0.1, -0.05) is 84.9 Å². The number of aliphatic carboxylic acids is 1. The first-order valence-electron chi connectivity index (χ1n) is 12.2. The minimum absolute atomic E-state index is 0.0845. The summed E-state index contributed by atoms with van der Waals surface area (Å²) in [5.74, 6) is -1.78. The third-order valence-electron chi connectivity index (χ3n) is 6.81. The van der Waals surface area contributed by atoms with Crippen molar-refractivity contribution in [2.75, 3.05) is 6.61 Å². The van der Waals surface area contributed by atoms with Gasteiger partial charge in [-0.05, 0) is 51.1 Å². The molecule has 0 heterocycles. The highest BCUT2D eigenvalue weighted by Gasteiger charge is 2.29. The molecule has 4 aromatic carbocycles. The molecule has 0 unspecified atom stereocenters. The van der Waals surface area contributed by atoms with Crippen LogP contribution < -0.4 is 11.1 Å². The predicted octanol–water partition coefficient (Wildman–Crippen LogP) is 4.99. The van der Waals surface area contributed by atoms with Gasteiger partial charge >= 0.3 is 12.1 Å². The number of carboxylic acid groups (broad SMARTS) is 1. The lowest BCUT2D eigenvalue weighted by Gasteiger charge is -2.17. The fourth-order valence-electron chi connectivity index (χ4n) is 4.90. The second kappa shape index (κ2) is 10.6. The van der Waals surface area contributed by atoms with E-state index in [1.165, 1.54) is 0 Å². The van der Waals surface area contributed by atoms with Crippen LogP contribution >= 0.6 is 0 Å². The fraction of sp³-hybridized carbons (Fsp3) is 0.129. The van der Waals surface area contributed by atoms with E-state index in [1.807, 2.05) is 54.6 Å². The number of carbonyl (C=O) groups is 3. The highest BCUT2D eigenvalue weighted by Crippen LogP contribution is 2.44. The second-order valence-corrected chi connectivity index (χ2v) is 9.21. The lowest BCUT2D eigenvalue weighted by atomic mass is 9.98. The van der Waals surface area contributed by atoms with Crippen molar-refractivity contribution in [1.82, 2.24) is 5.32 Å². The fourth-order valence-corrected chi connectivity index (χ4v) is 4.90. The summed E-state index contributed by atoms with van der Waals surface area (Å²) in [6.07, 6.45) is -0.694. The Kier molecular flexibility index (Phi) is 6.91. The average Bonchev–Trinajstić information content (AvgIpc) is 3.25. The zero-order valence-electron chi connectivity index (χ0n) is 20.5. The maximum atomic E-state index is 12.6. The number of fused-ring (bicyclic) bond motifs is 3. The SMILES string of the molecule is NC(=O)c1cccc(-c2ccc(C[C@H](NC(=O)OCC3c4ccccc4-c4ccccc43)C(=O)O)cc2)c1. The van der Waals surface area contributed by atoms with Crippen molar-refractivity contribution in [3.05, 3.63) is 119 Å². The number of ether oxygens (including phenoxy) is 1. The van der Waals surface area contributed by atoms with Crippen molar-refractivity contribution >= 4 is 18.0 Å². The zero-order valence-corrected chi connectivity index (χ0v) is 20.5. The topological polar surface area (TPSA) is 119 Å². The van der Waals surface area contributed by atoms with Gasteiger partial charge in [-0.25, -0.2) is 9.59 Å². The first-order valence-corrected chi connectivity index (χ1v) is 12.2. The molecule has 0 saturated heterocycles. The number of benzene rings is 4. The molecule has 0 aromatic heterocycles. The molecule has 1 aliphatic carbocycles. The third kappa shape index (κ3) is 5.13. The van der Waals surface area contributed by atoms with Crippen LogP contribution in [-0.4, -0.2) is 35.7 Å². The molecule has 4 N–H and O–H groups in total. The van der Waals surface area contributed by atoms with Crippen molar-refractivity contribution in [2.24, 2.45) is 5.73 Å². The van der Waals surface area contributed by atoms with E-state index >= 15 is 0 Å². The van der Waals surface area contributed by atoms with E-state index < -0.39 is 24.0 Å². The monoisotopic (exact) mass is 506 g/mol. The molecule has 1 aliphatic rings. The Bertz CT molecular complexity index is 1470. The number of nitrogens with two attached hydrogens (primary N) is 1. The minimum atomic E-state index is -1.16. The molecule has 0 aliphatic heterocycles. The van der Waals surface area contributed by atoms with E-state index in [2.05, 4.69) is 17.4 Å². The molecule has 4 aromatic rings.